The summed E-state index contributed by atoms with van der Waals surface area (Å²) in [6.07, 6.45) is 5.67. The molecule has 0 radical (unpaired) electrons. The van der Waals surface area contributed by atoms with Crippen LogP contribution in [0.5, 0.6) is 0 Å². The fraction of sp³-hybridized carbons (Fsp3) is 0.750. The number of piperazine rings is 3. The SMILES string of the molecule is CCNC1CCCc2nc(C3CN4CCN3CC4)ncc21. The molecule has 3 saturated heterocycles. The number of fused-ring (bicyclic) bond motifs is 4. The highest BCUT2D eigenvalue weighted by Gasteiger charge is 2.35. The molecular formula is C16H25N5. The van der Waals surface area contributed by atoms with Crippen LogP contribution in [0.4, 0.5) is 0 Å². The third kappa shape index (κ3) is 2.47. The summed E-state index contributed by atoms with van der Waals surface area (Å²) in [6.45, 7) is 9.06. The molecule has 114 valence electrons. The smallest absolute Gasteiger partial charge is 0.146 e. The first kappa shape index (κ1) is 13.6. The van der Waals surface area contributed by atoms with Gasteiger partial charge in [-0.2, -0.15) is 0 Å². The molecule has 21 heavy (non-hydrogen) atoms. The fourth-order valence-electron chi connectivity index (χ4n) is 4.04. The summed E-state index contributed by atoms with van der Waals surface area (Å²) < 4.78 is 0. The van der Waals surface area contributed by atoms with Crippen molar-refractivity contribution in [1.29, 1.82) is 0 Å². The minimum Gasteiger partial charge on any atom is -0.310 e. The van der Waals surface area contributed by atoms with Crippen molar-refractivity contribution in [3.05, 3.63) is 23.3 Å². The summed E-state index contributed by atoms with van der Waals surface area (Å²) in [5, 5.41) is 3.57. The van der Waals surface area contributed by atoms with E-state index in [9.17, 15) is 0 Å². The minimum atomic E-state index is 0.414. The van der Waals surface area contributed by atoms with Crippen LogP contribution in [0.1, 0.15) is 48.9 Å². The van der Waals surface area contributed by atoms with Crippen LogP contribution in [0, 0.1) is 0 Å². The first-order valence-corrected chi connectivity index (χ1v) is 8.40. The molecular weight excluding hydrogens is 262 g/mol. The molecule has 0 amide bonds. The Kier molecular flexibility index (Phi) is 3.65. The molecule has 1 aromatic rings. The van der Waals surface area contributed by atoms with Gasteiger partial charge >= 0.3 is 0 Å². The monoisotopic (exact) mass is 287 g/mol. The highest BCUT2D eigenvalue weighted by Crippen LogP contribution is 2.31. The molecule has 4 aliphatic rings. The predicted molar refractivity (Wildman–Crippen MR) is 82.1 cm³/mol. The van der Waals surface area contributed by atoms with Crippen molar-refractivity contribution >= 4 is 0 Å². The van der Waals surface area contributed by atoms with E-state index < -0.39 is 0 Å². The Hall–Kier alpha value is -1.04. The molecule has 1 aliphatic carbocycles. The Morgan fingerprint density at radius 3 is 2.86 bits per heavy atom. The number of hydrogen-bond acceptors (Lipinski definition) is 5. The van der Waals surface area contributed by atoms with Crippen LogP contribution in [0.15, 0.2) is 6.20 Å². The molecule has 4 heterocycles. The Labute approximate surface area is 126 Å². The second-order valence-corrected chi connectivity index (χ2v) is 6.49. The van der Waals surface area contributed by atoms with Gasteiger partial charge in [-0.15, -0.1) is 0 Å². The Morgan fingerprint density at radius 1 is 1.29 bits per heavy atom. The maximum Gasteiger partial charge on any atom is 0.146 e. The lowest BCUT2D eigenvalue weighted by Gasteiger charge is -2.46. The van der Waals surface area contributed by atoms with E-state index in [0.717, 1.165) is 25.3 Å². The van der Waals surface area contributed by atoms with Crippen LogP contribution in [0.2, 0.25) is 0 Å². The van der Waals surface area contributed by atoms with E-state index in [1.54, 1.807) is 0 Å². The Bertz CT molecular complexity index is 509. The summed E-state index contributed by atoms with van der Waals surface area (Å²) in [5.74, 6) is 1.05. The van der Waals surface area contributed by atoms with E-state index in [4.69, 9.17) is 9.97 Å². The first-order chi connectivity index (χ1) is 10.3. The standard InChI is InChI=1S/C16H25N5/c1-2-17-13-4-3-5-14-12(13)10-18-16(19-14)15-11-20-6-8-21(15)9-7-20/h10,13,15,17H,2-9,11H2,1H3. The van der Waals surface area contributed by atoms with E-state index >= 15 is 0 Å². The quantitative estimate of drug-likeness (QED) is 0.903. The second kappa shape index (κ2) is 5.63. The zero-order valence-corrected chi connectivity index (χ0v) is 12.9. The third-order valence-electron chi connectivity index (χ3n) is 5.23. The van der Waals surface area contributed by atoms with E-state index in [2.05, 4.69) is 28.2 Å². The topological polar surface area (TPSA) is 44.3 Å². The molecule has 5 rings (SSSR count). The Morgan fingerprint density at radius 2 is 2.14 bits per heavy atom. The van der Waals surface area contributed by atoms with Crippen molar-refractivity contribution in [3.8, 4) is 0 Å². The van der Waals surface area contributed by atoms with Gasteiger partial charge in [0.2, 0.25) is 0 Å². The van der Waals surface area contributed by atoms with Crippen molar-refractivity contribution in [2.45, 2.75) is 38.3 Å². The molecule has 3 aliphatic heterocycles. The summed E-state index contributed by atoms with van der Waals surface area (Å²) >= 11 is 0. The van der Waals surface area contributed by atoms with Crippen LogP contribution in [-0.4, -0.2) is 59.0 Å². The molecule has 3 fully saturated rings. The Balaban J connectivity index is 1.60. The van der Waals surface area contributed by atoms with E-state index in [-0.39, 0.29) is 0 Å². The number of hydrogen-bond donors (Lipinski definition) is 1. The van der Waals surface area contributed by atoms with Crippen molar-refractivity contribution < 1.29 is 0 Å². The lowest BCUT2D eigenvalue weighted by molar-refractivity contribution is 0.00850. The van der Waals surface area contributed by atoms with Gasteiger partial charge in [0, 0.05) is 56.2 Å². The summed E-state index contributed by atoms with van der Waals surface area (Å²) in [7, 11) is 0. The van der Waals surface area contributed by atoms with Crippen molar-refractivity contribution in [2.75, 3.05) is 39.3 Å². The zero-order valence-electron chi connectivity index (χ0n) is 12.9. The van der Waals surface area contributed by atoms with Crippen molar-refractivity contribution in [1.82, 2.24) is 25.1 Å². The number of nitrogens with zero attached hydrogens (tertiary/aromatic N) is 4. The number of nitrogens with one attached hydrogen (secondary N) is 1. The number of aromatic nitrogens is 2. The highest BCUT2D eigenvalue weighted by molar-refractivity contribution is 5.25. The number of aryl methyl sites for hydroxylation is 1. The van der Waals surface area contributed by atoms with Gasteiger partial charge in [-0.25, -0.2) is 9.97 Å². The van der Waals surface area contributed by atoms with Gasteiger partial charge in [0.05, 0.1) is 6.04 Å². The molecule has 2 atom stereocenters. The van der Waals surface area contributed by atoms with E-state index in [1.807, 2.05) is 0 Å². The van der Waals surface area contributed by atoms with Crippen LogP contribution >= 0.6 is 0 Å². The van der Waals surface area contributed by atoms with Gasteiger partial charge in [-0.1, -0.05) is 6.92 Å². The van der Waals surface area contributed by atoms with Crippen LogP contribution in [-0.2, 0) is 6.42 Å². The average Bonchev–Trinajstić information content (AvgIpc) is 2.56. The molecule has 1 aromatic heterocycles. The lowest BCUT2D eigenvalue weighted by Crippen LogP contribution is -2.57. The minimum absolute atomic E-state index is 0.414. The summed E-state index contributed by atoms with van der Waals surface area (Å²) in [4.78, 5) is 14.8. The summed E-state index contributed by atoms with van der Waals surface area (Å²) in [6, 6.07) is 0.872. The van der Waals surface area contributed by atoms with Crippen LogP contribution in [0.25, 0.3) is 0 Å². The van der Waals surface area contributed by atoms with Crippen LogP contribution < -0.4 is 5.32 Å². The largest absolute Gasteiger partial charge is 0.310 e. The second-order valence-electron chi connectivity index (χ2n) is 6.49. The molecule has 5 heteroatoms. The molecule has 5 nitrogen and oxygen atoms in total. The van der Waals surface area contributed by atoms with E-state index in [0.29, 0.717) is 12.1 Å². The molecule has 0 saturated carbocycles. The molecule has 0 aromatic carbocycles. The van der Waals surface area contributed by atoms with Gasteiger partial charge in [-0.05, 0) is 25.8 Å². The fourth-order valence-corrected chi connectivity index (χ4v) is 4.04. The zero-order chi connectivity index (χ0) is 14.2. The van der Waals surface area contributed by atoms with Gasteiger partial charge in [0.15, 0.2) is 0 Å². The van der Waals surface area contributed by atoms with Gasteiger partial charge < -0.3 is 5.32 Å². The maximum absolute atomic E-state index is 4.97. The van der Waals surface area contributed by atoms with Crippen molar-refractivity contribution in [3.63, 3.8) is 0 Å². The van der Waals surface area contributed by atoms with Crippen LogP contribution in [0.3, 0.4) is 0 Å². The highest BCUT2D eigenvalue weighted by atomic mass is 15.4. The third-order valence-corrected chi connectivity index (χ3v) is 5.23. The summed E-state index contributed by atoms with van der Waals surface area (Å²) in [5.41, 5.74) is 2.62. The average molecular weight is 287 g/mol. The van der Waals surface area contributed by atoms with E-state index in [1.165, 1.54) is 50.3 Å². The number of rotatable bonds is 3. The van der Waals surface area contributed by atoms with Crippen molar-refractivity contribution in [2.24, 2.45) is 0 Å². The first-order valence-electron chi connectivity index (χ1n) is 8.40. The van der Waals surface area contributed by atoms with Gasteiger partial charge in [-0.3, -0.25) is 9.80 Å². The van der Waals surface area contributed by atoms with Gasteiger partial charge in [0.25, 0.3) is 0 Å². The predicted octanol–water partition coefficient (Wildman–Crippen LogP) is 1.14. The molecule has 2 unspecified atom stereocenters. The van der Waals surface area contributed by atoms with Gasteiger partial charge in [0.1, 0.15) is 5.82 Å². The normalized spacial score (nSPS) is 34.7. The molecule has 2 bridgehead atoms. The lowest BCUT2D eigenvalue weighted by atomic mass is 9.92. The maximum atomic E-state index is 4.97. The molecule has 0 spiro atoms. The molecule has 1 N–H and O–H groups in total.